The standard InChI is InChI=1S/C21H32O/c1-2-3-4-5-6-7-8-9-10-11-12-13-14-16-20-17-15-18-21(22)19-20/h6-7,14-19,22H,2-5,8-13H2,1H3/b7-6+,16-14+. The van der Waals surface area contributed by atoms with Crippen LogP contribution in [0.15, 0.2) is 42.5 Å². The maximum atomic E-state index is 9.38. The maximum Gasteiger partial charge on any atom is 0.116 e. The summed E-state index contributed by atoms with van der Waals surface area (Å²) in [5.74, 6) is 0.338. The molecular formula is C21H32O. The molecule has 22 heavy (non-hydrogen) atoms. The number of unbranched alkanes of at least 4 members (excludes halogenated alkanes) is 8. The zero-order valence-corrected chi connectivity index (χ0v) is 14.1. The lowest BCUT2D eigenvalue weighted by Crippen LogP contribution is -1.77. The molecule has 0 heterocycles. The number of phenols is 1. The Balaban J connectivity index is 1.93. The minimum absolute atomic E-state index is 0.338. The van der Waals surface area contributed by atoms with Gasteiger partial charge in [0.2, 0.25) is 0 Å². The Morgan fingerprint density at radius 3 is 2.09 bits per heavy atom. The fraction of sp³-hybridized carbons (Fsp3) is 0.524. The van der Waals surface area contributed by atoms with Crippen molar-refractivity contribution in [1.82, 2.24) is 0 Å². The zero-order valence-electron chi connectivity index (χ0n) is 14.1. The summed E-state index contributed by atoms with van der Waals surface area (Å²) < 4.78 is 0. The molecule has 0 spiro atoms. The van der Waals surface area contributed by atoms with Crippen LogP contribution in [-0.4, -0.2) is 5.11 Å². The zero-order chi connectivity index (χ0) is 15.9. The Morgan fingerprint density at radius 2 is 1.45 bits per heavy atom. The second kappa shape index (κ2) is 13.2. The van der Waals surface area contributed by atoms with Crippen LogP contribution in [0.3, 0.4) is 0 Å². The lowest BCUT2D eigenvalue weighted by molar-refractivity contribution is 0.475. The Hall–Kier alpha value is -1.50. The Morgan fingerprint density at radius 1 is 0.818 bits per heavy atom. The van der Waals surface area contributed by atoms with Crippen molar-refractivity contribution in [2.24, 2.45) is 0 Å². The van der Waals surface area contributed by atoms with Gasteiger partial charge in [0.25, 0.3) is 0 Å². The van der Waals surface area contributed by atoms with Gasteiger partial charge in [-0.1, -0.05) is 69.0 Å². The van der Waals surface area contributed by atoms with Gasteiger partial charge in [-0.25, -0.2) is 0 Å². The topological polar surface area (TPSA) is 20.2 Å². The van der Waals surface area contributed by atoms with Gasteiger partial charge in [0.05, 0.1) is 0 Å². The van der Waals surface area contributed by atoms with E-state index in [1.807, 2.05) is 12.1 Å². The van der Waals surface area contributed by atoms with Crippen LogP contribution in [0.25, 0.3) is 6.08 Å². The van der Waals surface area contributed by atoms with Crippen molar-refractivity contribution in [3.8, 4) is 5.75 Å². The van der Waals surface area contributed by atoms with E-state index in [0.29, 0.717) is 5.75 Å². The van der Waals surface area contributed by atoms with Crippen LogP contribution in [0.2, 0.25) is 0 Å². The minimum atomic E-state index is 0.338. The number of benzene rings is 1. The van der Waals surface area contributed by atoms with Crippen LogP contribution in [0, 0.1) is 0 Å². The summed E-state index contributed by atoms with van der Waals surface area (Å²) in [5.41, 5.74) is 1.08. The highest BCUT2D eigenvalue weighted by Gasteiger charge is 1.90. The van der Waals surface area contributed by atoms with E-state index in [9.17, 15) is 5.11 Å². The highest BCUT2D eigenvalue weighted by Crippen LogP contribution is 2.13. The van der Waals surface area contributed by atoms with Gasteiger partial charge in [-0.05, 0) is 56.2 Å². The lowest BCUT2D eigenvalue weighted by atomic mass is 10.1. The summed E-state index contributed by atoms with van der Waals surface area (Å²) in [5, 5.41) is 9.38. The van der Waals surface area contributed by atoms with E-state index in [1.54, 1.807) is 12.1 Å². The lowest BCUT2D eigenvalue weighted by Gasteiger charge is -1.98. The number of phenolic OH excluding ortho intramolecular Hbond substituents is 1. The number of hydrogen-bond acceptors (Lipinski definition) is 1. The molecule has 1 rings (SSSR count). The first kappa shape index (κ1) is 18.5. The van der Waals surface area contributed by atoms with Crippen molar-refractivity contribution < 1.29 is 5.11 Å². The van der Waals surface area contributed by atoms with Gasteiger partial charge in [-0.3, -0.25) is 0 Å². The van der Waals surface area contributed by atoms with Crippen molar-refractivity contribution in [3.05, 3.63) is 48.1 Å². The minimum Gasteiger partial charge on any atom is -0.508 e. The molecule has 1 heteroatoms. The molecule has 0 unspecified atom stereocenters. The monoisotopic (exact) mass is 300 g/mol. The van der Waals surface area contributed by atoms with Crippen molar-refractivity contribution >= 4 is 6.08 Å². The molecule has 0 fully saturated rings. The fourth-order valence-electron chi connectivity index (χ4n) is 2.47. The molecule has 0 amide bonds. The SMILES string of the molecule is CCCCC/C=C/CCCCCC/C=C/c1cccc(O)c1. The number of allylic oxidation sites excluding steroid dienone is 3. The highest BCUT2D eigenvalue weighted by atomic mass is 16.3. The van der Waals surface area contributed by atoms with Crippen molar-refractivity contribution in [2.75, 3.05) is 0 Å². The molecule has 0 aliphatic carbocycles. The molecule has 122 valence electrons. The molecular weight excluding hydrogens is 268 g/mol. The quantitative estimate of drug-likeness (QED) is 0.329. The van der Waals surface area contributed by atoms with Gasteiger partial charge in [-0.2, -0.15) is 0 Å². The van der Waals surface area contributed by atoms with Gasteiger partial charge in [0.1, 0.15) is 5.75 Å². The van der Waals surface area contributed by atoms with E-state index in [0.717, 1.165) is 12.0 Å². The molecule has 0 aliphatic rings. The molecule has 0 atom stereocenters. The number of rotatable bonds is 12. The van der Waals surface area contributed by atoms with E-state index in [-0.39, 0.29) is 0 Å². The first-order valence-corrected chi connectivity index (χ1v) is 8.93. The van der Waals surface area contributed by atoms with Crippen molar-refractivity contribution in [3.63, 3.8) is 0 Å². The number of hydrogen-bond donors (Lipinski definition) is 1. The summed E-state index contributed by atoms with van der Waals surface area (Å²) in [4.78, 5) is 0. The maximum absolute atomic E-state index is 9.38. The summed E-state index contributed by atoms with van der Waals surface area (Å²) >= 11 is 0. The van der Waals surface area contributed by atoms with Gasteiger partial charge >= 0.3 is 0 Å². The van der Waals surface area contributed by atoms with Crippen LogP contribution in [0.1, 0.15) is 76.7 Å². The predicted octanol–water partition coefficient (Wildman–Crippen LogP) is 6.88. The van der Waals surface area contributed by atoms with Gasteiger partial charge < -0.3 is 5.11 Å². The van der Waals surface area contributed by atoms with Crippen LogP contribution >= 0.6 is 0 Å². The van der Waals surface area contributed by atoms with E-state index < -0.39 is 0 Å². The van der Waals surface area contributed by atoms with Crippen molar-refractivity contribution in [2.45, 2.75) is 71.1 Å². The second-order valence-electron chi connectivity index (χ2n) is 5.96. The third-order valence-electron chi connectivity index (χ3n) is 3.81. The molecule has 0 saturated heterocycles. The van der Waals surface area contributed by atoms with E-state index in [4.69, 9.17) is 0 Å². The number of aromatic hydroxyl groups is 1. The van der Waals surface area contributed by atoms with Crippen LogP contribution in [0.5, 0.6) is 5.75 Å². The fourth-order valence-corrected chi connectivity index (χ4v) is 2.47. The second-order valence-corrected chi connectivity index (χ2v) is 5.96. The van der Waals surface area contributed by atoms with Crippen molar-refractivity contribution in [1.29, 1.82) is 0 Å². The molecule has 0 aliphatic heterocycles. The van der Waals surface area contributed by atoms with Crippen LogP contribution < -0.4 is 0 Å². The van der Waals surface area contributed by atoms with Gasteiger partial charge in [0.15, 0.2) is 0 Å². The van der Waals surface area contributed by atoms with E-state index >= 15 is 0 Å². The molecule has 1 aromatic carbocycles. The molecule has 1 N–H and O–H groups in total. The van der Waals surface area contributed by atoms with E-state index in [2.05, 4.69) is 31.2 Å². The smallest absolute Gasteiger partial charge is 0.116 e. The summed E-state index contributed by atoms with van der Waals surface area (Å²) in [6, 6.07) is 7.40. The summed E-state index contributed by atoms with van der Waals surface area (Å²) in [7, 11) is 0. The first-order chi connectivity index (χ1) is 10.8. The average molecular weight is 300 g/mol. The average Bonchev–Trinajstić information content (AvgIpc) is 2.52. The van der Waals surface area contributed by atoms with Gasteiger partial charge in [0, 0.05) is 0 Å². The summed E-state index contributed by atoms with van der Waals surface area (Å²) in [6.07, 6.45) is 21.9. The largest absolute Gasteiger partial charge is 0.508 e. The van der Waals surface area contributed by atoms with E-state index in [1.165, 1.54) is 57.8 Å². The van der Waals surface area contributed by atoms with Gasteiger partial charge in [-0.15, -0.1) is 0 Å². The Labute approximate surface area is 136 Å². The molecule has 0 saturated carbocycles. The Bertz CT molecular complexity index is 431. The molecule has 1 aromatic rings. The van der Waals surface area contributed by atoms with Crippen LogP contribution in [-0.2, 0) is 0 Å². The predicted molar refractivity (Wildman–Crippen MR) is 98.1 cm³/mol. The Kier molecular flexibility index (Phi) is 11.1. The normalized spacial score (nSPS) is 11.7. The summed E-state index contributed by atoms with van der Waals surface area (Å²) in [6.45, 7) is 2.25. The third kappa shape index (κ3) is 10.3. The molecule has 0 radical (unpaired) electrons. The molecule has 0 aromatic heterocycles. The molecule has 1 nitrogen and oxygen atoms in total. The third-order valence-corrected chi connectivity index (χ3v) is 3.81. The first-order valence-electron chi connectivity index (χ1n) is 8.93. The van der Waals surface area contributed by atoms with Crippen LogP contribution in [0.4, 0.5) is 0 Å². The highest BCUT2D eigenvalue weighted by molar-refractivity contribution is 5.51. The molecule has 0 bridgehead atoms.